The van der Waals surface area contributed by atoms with Gasteiger partial charge in [0.15, 0.2) is 0 Å². The van der Waals surface area contributed by atoms with Gasteiger partial charge in [-0.05, 0) is 49.1 Å². The van der Waals surface area contributed by atoms with Gasteiger partial charge in [-0.1, -0.05) is 31.9 Å². The van der Waals surface area contributed by atoms with Gasteiger partial charge in [0, 0.05) is 31.4 Å². The van der Waals surface area contributed by atoms with Crippen LogP contribution in [0.5, 0.6) is 0 Å². The Balaban J connectivity index is 1.51. The van der Waals surface area contributed by atoms with Gasteiger partial charge < -0.3 is 20.3 Å². The number of hydrogen-bond donors (Lipinski definition) is 2. The molecule has 1 atom stereocenters. The zero-order chi connectivity index (χ0) is 26.5. The fraction of sp³-hybridized carbons (Fsp3) is 0.500. The number of anilines is 2. The van der Waals surface area contributed by atoms with Crippen molar-refractivity contribution in [3.05, 3.63) is 45.4 Å². The van der Waals surface area contributed by atoms with Gasteiger partial charge in [0.25, 0.3) is 11.8 Å². The summed E-state index contributed by atoms with van der Waals surface area (Å²) in [7, 11) is 0. The number of hydrogen-bond acceptors (Lipinski definition) is 6. The van der Waals surface area contributed by atoms with Crippen LogP contribution in [-0.4, -0.2) is 67.6 Å². The van der Waals surface area contributed by atoms with Crippen molar-refractivity contribution in [3.8, 4) is 0 Å². The van der Waals surface area contributed by atoms with E-state index in [2.05, 4.69) is 29.4 Å². The molecule has 8 nitrogen and oxygen atoms in total. The molecule has 2 aromatic rings. The van der Waals surface area contributed by atoms with E-state index in [4.69, 9.17) is 16.3 Å². The van der Waals surface area contributed by atoms with Gasteiger partial charge in [0.1, 0.15) is 18.5 Å². The van der Waals surface area contributed by atoms with E-state index in [-0.39, 0.29) is 36.7 Å². The molecule has 1 saturated heterocycles. The van der Waals surface area contributed by atoms with Crippen LogP contribution in [-0.2, 0) is 14.3 Å². The van der Waals surface area contributed by atoms with E-state index in [1.165, 1.54) is 28.4 Å². The van der Waals surface area contributed by atoms with E-state index in [9.17, 15) is 14.4 Å². The molecule has 1 aromatic carbocycles. The maximum absolute atomic E-state index is 15.1. The minimum absolute atomic E-state index is 0.0222. The average molecular weight is 551 g/mol. The zero-order valence-corrected chi connectivity index (χ0v) is 22.5. The third-order valence-electron chi connectivity index (χ3n) is 6.58. The molecule has 37 heavy (non-hydrogen) atoms. The molecule has 2 heterocycles. The molecule has 0 unspecified atom stereocenters. The maximum atomic E-state index is 15.1. The molecular weight excluding hydrogens is 519 g/mol. The van der Waals surface area contributed by atoms with Gasteiger partial charge >= 0.3 is 0 Å². The number of nitrogens with one attached hydrogen (secondary N) is 2. The van der Waals surface area contributed by atoms with Crippen molar-refractivity contribution in [3.63, 3.8) is 0 Å². The van der Waals surface area contributed by atoms with E-state index in [0.717, 1.165) is 19.3 Å². The number of rotatable bonds is 10. The third kappa shape index (κ3) is 6.87. The van der Waals surface area contributed by atoms with E-state index >= 15 is 4.39 Å². The standard InChI is InChI=1S/C26H32ClFN4O4S/c1-16(2)14-32(17-4-3-5-17)21(13-29-26(35)22-8-9-23(27)37-22)25(34)30-20-7-6-18(12-19(20)28)31-10-11-36-15-24(31)33/h6-9,12,16-17,21H,3-5,10-11,13-15H2,1-2H3,(H,29,35)(H,30,34)/t21-/m0/s1. The van der Waals surface area contributed by atoms with Crippen molar-refractivity contribution < 1.29 is 23.5 Å². The molecule has 1 saturated carbocycles. The van der Waals surface area contributed by atoms with E-state index in [1.807, 2.05) is 0 Å². The van der Waals surface area contributed by atoms with Gasteiger partial charge in [-0.2, -0.15) is 0 Å². The molecule has 1 aliphatic heterocycles. The van der Waals surface area contributed by atoms with Crippen LogP contribution in [0.4, 0.5) is 15.8 Å². The molecule has 0 radical (unpaired) electrons. The topological polar surface area (TPSA) is 91.0 Å². The third-order valence-corrected chi connectivity index (χ3v) is 7.81. The Kier molecular flexibility index (Phi) is 9.17. The fourth-order valence-electron chi connectivity index (χ4n) is 4.52. The Morgan fingerprint density at radius 3 is 2.65 bits per heavy atom. The highest BCUT2D eigenvalue weighted by atomic mass is 35.5. The van der Waals surface area contributed by atoms with Gasteiger partial charge in [-0.3, -0.25) is 19.3 Å². The molecule has 3 amide bonds. The summed E-state index contributed by atoms with van der Waals surface area (Å²) in [5.74, 6) is -1.29. The van der Waals surface area contributed by atoms with Crippen molar-refractivity contribution in [2.24, 2.45) is 5.92 Å². The average Bonchev–Trinajstić information content (AvgIpc) is 3.25. The lowest BCUT2D eigenvalue weighted by Gasteiger charge is -2.42. The van der Waals surface area contributed by atoms with Crippen molar-refractivity contribution >= 4 is 52.0 Å². The number of morpholine rings is 1. The number of nitrogens with zero attached hydrogens (tertiary/aromatic N) is 2. The number of amides is 3. The van der Waals surface area contributed by atoms with Crippen LogP contribution < -0.4 is 15.5 Å². The summed E-state index contributed by atoms with van der Waals surface area (Å²) in [6.45, 7) is 5.58. The molecule has 0 spiro atoms. The lowest BCUT2D eigenvalue weighted by Crippen LogP contribution is -2.57. The first-order valence-electron chi connectivity index (χ1n) is 12.5. The van der Waals surface area contributed by atoms with Gasteiger partial charge in [-0.15, -0.1) is 11.3 Å². The summed E-state index contributed by atoms with van der Waals surface area (Å²) in [6, 6.07) is 7.15. The fourth-order valence-corrected chi connectivity index (χ4v) is 5.48. The molecular formula is C26H32ClFN4O4S. The number of ether oxygens (including phenoxy) is 1. The number of benzene rings is 1. The second kappa shape index (κ2) is 12.3. The van der Waals surface area contributed by atoms with Crippen LogP contribution in [0.2, 0.25) is 4.34 Å². The lowest BCUT2D eigenvalue weighted by molar-refractivity contribution is -0.125. The number of thiophene rings is 1. The highest BCUT2D eigenvalue weighted by Crippen LogP contribution is 2.29. The second-order valence-corrected chi connectivity index (χ2v) is 11.5. The Bertz CT molecular complexity index is 1140. The summed E-state index contributed by atoms with van der Waals surface area (Å²) in [5.41, 5.74) is 0.437. The molecule has 2 fully saturated rings. The largest absolute Gasteiger partial charge is 0.370 e. The predicted octanol–water partition coefficient (Wildman–Crippen LogP) is 4.15. The van der Waals surface area contributed by atoms with E-state index in [0.29, 0.717) is 40.5 Å². The smallest absolute Gasteiger partial charge is 0.261 e. The summed E-state index contributed by atoms with van der Waals surface area (Å²) in [6.07, 6.45) is 3.03. The van der Waals surface area contributed by atoms with Crippen LogP contribution in [0.3, 0.4) is 0 Å². The molecule has 11 heteroatoms. The minimum Gasteiger partial charge on any atom is -0.370 e. The minimum atomic E-state index is -0.688. The number of halogens is 2. The van der Waals surface area contributed by atoms with Gasteiger partial charge in [-0.25, -0.2) is 4.39 Å². The first-order chi connectivity index (χ1) is 17.7. The Morgan fingerprint density at radius 2 is 2.05 bits per heavy atom. The molecule has 200 valence electrons. The molecule has 1 aliphatic carbocycles. The lowest BCUT2D eigenvalue weighted by atomic mass is 9.89. The number of carbonyl (C=O) groups is 3. The maximum Gasteiger partial charge on any atom is 0.261 e. The summed E-state index contributed by atoms with van der Waals surface area (Å²) in [4.78, 5) is 42.4. The molecule has 0 bridgehead atoms. The Morgan fingerprint density at radius 1 is 1.27 bits per heavy atom. The first-order valence-corrected chi connectivity index (χ1v) is 13.7. The highest BCUT2D eigenvalue weighted by Gasteiger charge is 2.35. The molecule has 2 aliphatic rings. The van der Waals surface area contributed by atoms with E-state index < -0.39 is 17.8 Å². The van der Waals surface area contributed by atoms with Crippen LogP contribution in [0.1, 0.15) is 42.8 Å². The highest BCUT2D eigenvalue weighted by molar-refractivity contribution is 7.18. The van der Waals surface area contributed by atoms with Crippen molar-refractivity contribution in [2.45, 2.75) is 45.2 Å². The van der Waals surface area contributed by atoms with Gasteiger partial charge in [0.05, 0.1) is 21.5 Å². The van der Waals surface area contributed by atoms with Crippen molar-refractivity contribution in [2.75, 3.05) is 43.1 Å². The zero-order valence-electron chi connectivity index (χ0n) is 21.0. The molecule has 4 rings (SSSR count). The SMILES string of the molecule is CC(C)CN(C1CCC1)[C@@H](CNC(=O)c1ccc(Cl)s1)C(=O)Nc1ccc(N2CCOCC2=O)cc1F. The van der Waals surface area contributed by atoms with Crippen LogP contribution in [0.15, 0.2) is 30.3 Å². The molecule has 1 aromatic heterocycles. The summed E-state index contributed by atoms with van der Waals surface area (Å²) >= 11 is 7.14. The monoisotopic (exact) mass is 550 g/mol. The van der Waals surface area contributed by atoms with Crippen molar-refractivity contribution in [1.29, 1.82) is 0 Å². The van der Waals surface area contributed by atoms with E-state index in [1.54, 1.807) is 18.2 Å². The normalized spacial score (nSPS) is 17.1. The Hall–Kier alpha value is -2.53. The van der Waals surface area contributed by atoms with Crippen LogP contribution >= 0.6 is 22.9 Å². The number of carbonyl (C=O) groups excluding carboxylic acids is 3. The second-order valence-electron chi connectivity index (χ2n) is 9.76. The quantitative estimate of drug-likeness (QED) is 0.464. The predicted molar refractivity (Wildman–Crippen MR) is 143 cm³/mol. The molecule has 2 N–H and O–H groups in total. The summed E-state index contributed by atoms with van der Waals surface area (Å²) < 4.78 is 20.7. The van der Waals surface area contributed by atoms with Crippen molar-refractivity contribution in [1.82, 2.24) is 10.2 Å². The van der Waals surface area contributed by atoms with Crippen LogP contribution in [0, 0.1) is 11.7 Å². The van der Waals surface area contributed by atoms with Gasteiger partial charge in [0.2, 0.25) is 5.91 Å². The summed E-state index contributed by atoms with van der Waals surface area (Å²) in [5, 5.41) is 5.59. The van der Waals surface area contributed by atoms with Crippen LogP contribution in [0.25, 0.3) is 0 Å². The first kappa shape index (κ1) is 27.5. The Labute approximate surface area is 225 Å².